The molecule has 0 aliphatic heterocycles. The molecule has 16 heavy (non-hydrogen) atoms. The Morgan fingerprint density at radius 1 is 1.44 bits per heavy atom. The monoisotopic (exact) mass is 289 g/mol. The Balaban J connectivity index is 2.78. The first-order valence-corrected chi connectivity index (χ1v) is 5.53. The first-order chi connectivity index (χ1) is 7.29. The van der Waals surface area contributed by atoms with Crippen LogP contribution in [-0.2, 0) is 4.74 Å². The van der Waals surface area contributed by atoms with Crippen LogP contribution in [-0.4, -0.2) is 11.7 Å². The van der Waals surface area contributed by atoms with Gasteiger partial charge in [0, 0.05) is 4.47 Å². The van der Waals surface area contributed by atoms with Gasteiger partial charge in [0.2, 0.25) is 0 Å². The van der Waals surface area contributed by atoms with Crippen molar-refractivity contribution in [3.63, 3.8) is 0 Å². The molecule has 0 saturated heterocycles. The zero-order valence-corrected chi connectivity index (χ0v) is 10.9. The predicted octanol–water partition coefficient (Wildman–Crippen LogP) is 4.08. The van der Waals surface area contributed by atoms with E-state index in [2.05, 4.69) is 15.9 Å². The lowest BCUT2D eigenvalue weighted by atomic mass is 10.2. The third kappa shape index (κ3) is 3.81. The average molecular weight is 290 g/mol. The molecule has 5 heteroatoms. The van der Waals surface area contributed by atoms with Crippen molar-refractivity contribution >= 4 is 27.7 Å². The first-order valence-electron chi connectivity index (χ1n) is 4.74. The number of benzene rings is 1. The van der Waals surface area contributed by atoms with Crippen molar-refractivity contribution in [1.29, 1.82) is 0 Å². The summed E-state index contributed by atoms with van der Waals surface area (Å²) in [6.07, 6.45) is -1.02. The molecule has 0 spiro atoms. The quantitative estimate of drug-likeness (QED) is 0.729. The molecular weight excluding hydrogens is 277 g/mol. The van der Waals surface area contributed by atoms with Gasteiger partial charge >= 0.3 is 6.09 Å². The van der Waals surface area contributed by atoms with Crippen LogP contribution in [0.25, 0.3) is 0 Å². The second-order valence-electron chi connectivity index (χ2n) is 4.24. The largest absolute Gasteiger partial charge is 0.443 e. The topological polar surface area (TPSA) is 29.5 Å². The number of halogens is 2. The van der Waals surface area contributed by atoms with Crippen LogP contribution in [0.3, 0.4) is 0 Å². The second kappa shape index (κ2) is 4.82. The number of anilines is 1. The molecule has 1 aromatic carbocycles. The van der Waals surface area contributed by atoms with E-state index in [0.29, 0.717) is 4.47 Å². The highest BCUT2D eigenvalue weighted by Crippen LogP contribution is 2.22. The van der Waals surface area contributed by atoms with Crippen LogP contribution in [0, 0.1) is 0 Å². The molecule has 1 rings (SSSR count). The van der Waals surface area contributed by atoms with E-state index in [-0.39, 0.29) is 10.8 Å². The SMILES string of the molecule is CC(C)(C)OC(=O)N(F)c1cccc(Br)c1. The number of amides is 1. The Morgan fingerprint density at radius 2 is 2.06 bits per heavy atom. The lowest BCUT2D eigenvalue weighted by Crippen LogP contribution is -2.31. The minimum Gasteiger partial charge on any atom is -0.442 e. The van der Waals surface area contributed by atoms with Crippen LogP contribution in [0.1, 0.15) is 20.8 Å². The van der Waals surface area contributed by atoms with E-state index < -0.39 is 11.7 Å². The average Bonchev–Trinajstić information content (AvgIpc) is 2.14. The normalized spacial score (nSPS) is 11.1. The summed E-state index contributed by atoms with van der Waals surface area (Å²) in [6.45, 7) is 5.04. The Hall–Kier alpha value is -1.10. The number of rotatable bonds is 1. The summed E-state index contributed by atoms with van der Waals surface area (Å²) in [6, 6.07) is 6.35. The van der Waals surface area contributed by atoms with Crippen LogP contribution < -0.4 is 5.12 Å². The number of carbonyl (C=O) groups excluding carboxylic acids is 1. The molecule has 88 valence electrons. The zero-order valence-electron chi connectivity index (χ0n) is 9.33. The van der Waals surface area contributed by atoms with Gasteiger partial charge in [0.05, 0.1) is 5.69 Å². The van der Waals surface area contributed by atoms with Crippen molar-refractivity contribution < 1.29 is 14.0 Å². The zero-order chi connectivity index (χ0) is 12.3. The molecule has 0 aliphatic carbocycles. The summed E-state index contributed by atoms with van der Waals surface area (Å²) in [5.74, 6) is 0. The third-order valence-electron chi connectivity index (χ3n) is 1.59. The van der Waals surface area contributed by atoms with Crippen molar-refractivity contribution in [2.75, 3.05) is 5.12 Å². The van der Waals surface area contributed by atoms with E-state index in [1.54, 1.807) is 32.9 Å². The lowest BCUT2D eigenvalue weighted by Gasteiger charge is -2.21. The molecule has 1 aromatic rings. The van der Waals surface area contributed by atoms with Gasteiger partial charge in [-0.2, -0.15) is 0 Å². The minimum atomic E-state index is -1.02. The van der Waals surface area contributed by atoms with Crippen LogP contribution in [0.15, 0.2) is 28.7 Å². The molecule has 0 fully saturated rings. The molecular formula is C11H13BrFNO2. The van der Waals surface area contributed by atoms with E-state index in [0.717, 1.165) is 0 Å². The summed E-state index contributed by atoms with van der Waals surface area (Å²) in [4.78, 5) is 11.4. The molecule has 3 nitrogen and oxygen atoms in total. The van der Waals surface area contributed by atoms with E-state index in [9.17, 15) is 9.28 Å². The maximum absolute atomic E-state index is 13.6. The summed E-state index contributed by atoms with van der Waals surface area (Å²) >= 11 is 3.20. The Bertz CT molecular complexity index is 390. The van der Waals surface area contributed by atoms with Gasteiger partial charge < -0.3 is 4.74 Å². The van der Waals surface area contributed by atoms with Crippen LogP contribution in [0.4, 0.5) is 15.0 Å². The van der Waals surface area contributed by atoms with Gasteiger partial charge in [0.1, 0.15) is 5.60 Å². The maximum Gasteiger partial charge on any atom is 0.443 e. The Morgan fingerprint density at radius 3 is 2.56 bits per heavy atom. The molecule has 0 atom stereocenters. The van der Waals surface area contributed by atoms with E-state index in [1.807, 2.05) is 0 Å². The fourth-order valence-electron chi connectivity index (χ4n) is 1.01. The standard InChI is InChI=1S/C11H13BrFNO2/c1-11(2,3)16-10(15)14(13)9-6-4-5-8(12)7-9/h4-7H,1-3H3. The summed E-state index contributed by atoms with van der Waals surface area (Å²) in [5.41, 5.74) is -0.586. The number of carbonyl (C=O) groups is 1. The van der Waals surface area contributed by atoms with Crippen LogP contribution in [0.2, 0.25) is 0 Å². The highest BCUT2D eigenvalue weighted by atomic mass is 79.9. The summed E-state index contributed by atoms with van der Waals surface area (Å²) < 4.78 is 19.2. The number of nitrogens with zero attached hydrogens (tertiary/aromatic N) is 1. The molecule has 0 N–H and O–H groups in total. The molecule has 0 bridgehead atoms. The van der Waals surface area contributed by atoms with Gasteiger partial charge in [-0.25, -0.2) is 4.79 Å². The van der Waals surface area contributed by atoms with Crippen molar-refractivity contribution in [1.82, 2.24) is 0 Å². The summed E-state index contributed by atoms with van der Waals surface area (Å²) in [7, 11) is 0. The number of hydrogen-bond donors (Lipinski definition) is 0. The minimum absolute atomic E-state index is 0.0178. The Labute approximate surface area is 102 Å². The maximum atomic E-state index is 13.6. The van der Waals surface area contributed by atoms with E-state index in [4.69, 9.17) is 4.74 Å². The number of hydrogen-bond acceptors (Lipinski definition) is 2. The van der Waals surface area contributed by atoms with Crippen LogP contribution in [0.5, 0.6) is 0 Å². The van der Waals surface area contributed by atoms with Crippen molar-refractivity contribution in [2.45, 2.75) is 26.4 Å². The lowest BCUT2D eigenvalue weighted by molar-refractivity contribution is 0.0501. The second-order valence-corrected chi connectivity index (χ2v) is 5.16. The van der Waals surface area contributed by atoms with Gasteiger partial charge in [-0.05, 0) is 39.0 Å². The van der Waals surface area contributed by atoms with Gasteiger partial charge in [0.25, 0.3) is 0 Å². The first kappa shape index (κ1) is 13.0. The fourth-order valence-corrected chi connectivity index (χ4v) is 1.39. The number of ether oxygens (including phenoxy) is 1. The molecule has 1 amide bonds. The van der Waals surface area contributed by atoms with E-state index >= 15 is 0 Å². The third-order valence-corrected chi connectivity index (χ3v) is 2.08. The van der Waals surface area contributed by atoms with Crippen molar-refractivity contribution in [3.8, 4) is 0 Å². The Kier molecular flexibility index (Phi) is 3.91. The van der Waals surface area contributed by atoms with Gasteiger partial charge in [-0.15, -0.1) is 5.12 Å². The molecule has 0 unspecified atom stereocenters. The highest BCUT2D eigenvalue weighted by molar-refractivity contribution is 9.10. The van der Waals surface area contributed by atoms with Crippen molar-refractivity contribution in [2.24, 2.45) is 0 Å². The van der Waals surface area contributed by atoms with E-state index in [1.165, 1.54) is 12.1 Å². The van der Waals surface area contributed by atoms with Gasteiger partial charge in [-0.3, -0.25) is 0 Å². The molecule has 0 aromatic heterocycles. The molecule has 0 heterocycles. The molecule has 0 radical (unpaired) electrons. The highest BCUT2D eigenvalue weighted by Gasteiger charge is 2.23. The predicted molar refractivity (Wildman–Crippen MR) is 64.0 cm³/mol. The summed E-state index contributed by atoms with van der Waals surface area (Å²) in [5, 5.41) is -0.0178. The smallest absolute Gasteiger partial charge is 0.442 e. The fraction of sp³-hybridized carbons (Fsp3) is 0.364. The van der Waals surface area contributed by atoms with Gasteiger partial charge in [-0.1, -0.05) is 26.5 Å². The van der Waals surface area contributed by atoms with Crippen LogP contribution >= 0.6 is 15.9 Å². The molecule has 0 aliphatic rings. The van der Waals surface area contributed by atoms with Crippen molar-refractivity contribution in [3.05, 3.63) is 28.7 Å². The van der Waals surface area contributed by atoms with Gasteiger partial charge in [0.15, 0.2) is 0 Å². The molecule has 0 saturated carbocycles.